The van der Waals surface area contributed by atoms with Gasteiger partial charge < -0.3 is 10.2 Å². The highest BCUT2D eigenvalue weighted by Gasteiger charge is 2.17. The number of fused-ring (bicyclic) bond motifs is 1. The summed E-state index contributed by atoms with van der Waals surface area (Å²) in [6.07, 6.45) is 4.40. The predicted molar refractivity (Wildman–Crippen MR) is 77.7 cm³/mol. The number of halogens is 1. The molecule has 1 aliphatic rings. The fraction of sp³-hybridized carbons (Fsp3) is 0.357. The Hall–Kier alpha value is -1.48. The minimum atomic E-state index is 0.762. The molecule has 1 fully saturated rings. The molecule has 1 N–H and O–H groups in total. The number of hydrogen-bond donors (Lipinski definition) is 1. The molecule has 3 rings (SSSR count). The van der Waals surface area contributed by atoms with Crippen LogP contribution in [0.5, 0.6) is 0 Å². The zero-order chi connectivity index (χ0) is 12.5. The zero-order valence-electron chi connectivity index (χ0n) is 10.4. The SMILES string of the molecule is CNc1cnc(N2CCCC2)c2ccc(Cl)cc12. The molecule has 0 atom stereocenters. The van der Waals surface area contributed by atoms with E-state index in [0.29, 0.717) is 0 Å². The van der Waals surface area contributed by atoms with Gasteiger partial charge in [0.15, 0.2) is 0 Å². The second-order valence-corrected chi connectivity index (χ2v) is 5.07. The highest BCUT2D eigenvalue weighted by Crippen LogP contribution is 2.33. The van der Waals surface area contributed by atoms with Gasteiger partial charge in [-0.3, -0.25) is 0 Å². The molecule has 2 heterocycles. The largest absolute Gasteiger partial charge is 0.386 e. The summed E-state index contributed by atoms with van der Waals surface area (Å²) in [5.41, 5.74) is 1.02. The molecule has 2 aromatic rings. The second kappa shape index (κ2) is 4.65. The Labute approximate surface area is 112 Å². The number of benzene rings is 1. The van der Waals surface area contributed by atoms with Gasteiger partial charge in [-0.25, -0.2) is 4.98 Å². The van der Waals surface area contributed by atoms with Gasteiger partial charge in [0.25, 0.3) is 0 Å². The van der Waals surface area contributed by atoms with Gasteiger partial charge in [0.05, 0.1) is 11.9 Å². The van der Waals surface area contributed by atoms with Crippen LogP contribution in [0.1, 0.15) is 12.8 Å². The molecule has 1 saturated heterocycles. The average Bonchev–Trinajstić information content (AvgIpc) is 2.91. The van der Waals surface area contributed by atoms with E-state index < -0.39 is 0 Å². The highest BCUT2D eigenvalue weighted by atomic mass is 35.5. The Morgan fingerprint density at radius 3 is 2.72 bits per heavy atom. The van der Waals surface area contributed by atoms with Crippen molar-refractivity contribution in [3.8, 4) is 0 Å². The van der Waals surface area contributed by atoms with Crippen LogP contribution < -0.4 is 10.2 Å². The lowest BCUT2D eigenvalue weighted by Gasteiger charge is -2.19. The first kappa shape index (κ1) is 11.6. The molecule has 3 nitrogen and oxygen atoms in total. The lowest BCUT2D eigenvalue weighted by Crippen LogP contribution is -2.19. The quantitative estimate of drug-likeness (QED) is 0.896. The Bertz CT molecular complexity index is 577. The van der Waals surface area contributed by atoms with Gasteiger partial charge in [-0.05, 0) is 31.0 Å². The van der Waals surface area contributed by atoms with Crippen molar-refractivity contribution in [3.63, 3.8) is 0 Å². The smallest absolute Gasteiger partial charge is 0.136 e. The molecule has 1 aromatic heterocycles. The Kier molecular flexibility index (Phi) is 3.00. The summed E-state index contributed by atoms with van der Waals surface area (Å²) in [5, 5.41) is 6.25. The fourth-order valence-corrected chi connectivity index (χ4v) is 2.75. The van der Waals surface area contributed by atoms with Crippen LogP contribution in [0.3, 0.4) is 0 Å². The molecule has 0 aliphatic carbocycles. The van der Waals surface area contributed by atoms with E-state index in [1.54, 1.807) is 0 Å². The van der Waals surface area contributed by atoms with Crippen LogP contribution in [0.15, 0.2) is 24.4 Å². The first-order valence-electron chi connectivity index (χ1n) is 6.30. The van der Waals surface area contributed by atoms with Gasteiger partial charge in [-0.1, -0.05) is 11.6 Å². The minimum absolute atomic E-state index is 0.762. The standard InChI is InChI=1S/C14H16ClN3/c1-16-13-9-17-14(18-6-2-3-7-18)11-5-4-10(15)8-12(11)13/h4-5,8-9,16H,2-3,6-7H2,1H3. The Balaban J connectivity index is 2.21. The summed E-state index contributed by atoms with van der Waals surface area (Å²) < 4.78 is 0. The molecule has 0 unspecified atom stereocenters. The number of hydrogen-bond acceptors (Lipinski definition) is 3. The molecule has 4 heteroatoms. The molecule has 1 aromatic carbocycles. The molecule has 94 valence electrons. The summed E-state index contributed by atoms with van der Waals surface area (Å²) in [6, 6.07) is 6.01. The van der Waals surface area contributed by atoms with E-state index in [4.69, 9.17) is 11.6 Å². The normalized spacial score (nSPS) is 15.3. The number of aromatic nitrogens is 1. The van der Waals surface area contributed by atoms with E-state index in [2.05, 4.69) is 21.3 Å². The number of anilines is 2. The van der Waals surface area contributed by atoms with Gasteiger partial charge >= 0.3 is 0 Å². The van der Waals surface area contributed by atoms with Gasteiger partial charge in [-0.15, -0.1) is 0 Å². The topological polar surface area (TPSA) is 28.2 Å². The monoisotopic (exact) mass is 261 g/mol. The summed E-state index contributed by atoms with van der Waals surface area (Å²) >= 11 is 6.10. The predicted octanol–water partition coefficient (Wildman–Crippen LogP) is 3.53. The molecule has 0 spiro atoms. The molecule has 0 amide bonds. The van der Waals surface area contributed by atoms with Crippen LogP contribution in [0, 0.1) is 0 Å². The maximum Gasteiger partial charge on any atom is 0.136 e. The van der Waals surface area contributed by atoms with E-state index in [0.717, 1.165) is 35.0 Å². The Morgan fingerprint density at radius 1 is 1.22 bits per heavy atom. The summed E-state index contributed by atoms with van der Waals surface area (Å²) in [6.45, 7) is 2.20. The Morgan fingerprint density at radius 2 is 2.00 bits per heavy atom. The van der Waals surface area contributed by atoms with E-state index in [1.165, 1.54) is 18.2 Å². The lowest BCUT2D eigenvalue weighted by atomic mass is 10.1. The van der Waals surface area contributed by atoms with Crippen LogP contribution in [-0.2, 0) is 0 Å². The molecule has 0 radical (unpaired) electrons. The minimum Gasteiger partial charge on any atom is -0.386 e. The number of nitrogens with one attached hydrogen (secondary N) is 1. The van der Waals surface area contributed by atoms with Crippen LogP contribution in [-0.4, -0.2) is 25.1 Å². The summed E-state index contributed by atoms with van der Waals surface area (Å²) in [4.78, 5) is 6.97. The average molecular weight is 262 g/mol. The van der Waals surface area contributed by atoms with Gasteiger partial charge in [0, 0.05) is 35.9 Å². The summed E-state index contributed by atoms with van der Waals surface area (Å²) in [5.74, 6) is 1.08. The number of rotatable bonds is 2. The van der Waals surface area contributed by atoms with Crippen molar-refractivity contribution >= 4 is 33.9 Å². The molecular formula is C14H16ClN3. The van der Waals surface area contributed by atoms with Crippen LogP contribution >= 0.6 is 11.6 Å². The van der Waals surface area contributed by atoms with E-state index >= 15 is 0 Å². The molecule has 1 aliphatic heterocycles. The van der Waals surface area contributed by atoms with E-state index in [1.807, 2.05) is 25.4 Å². The number of nitrogens with zero attached hydrogens (tertiary/aromatic N) is 2. The molecule has 18 heavy (non-hydrogen) atoms. The maximum atomic E-state index is 6.10. The van der Waals surface area contributed by atoms with Gasteiger partial charge in [0.2, 0.25) is 0 Å². The second-order valence-electron chi connectivity index (χ2n) is 4.63. The lowest BCUT2D eigenvalue weighted by molar-refractivity contribution is 0.946. The number of pyridine rings is 1. The van der Waals surface area contributed by atoms with Crippen molar-refractivity contribution in [2.75, 3.05) is 30.4 Å². The first-order valence-corrected chi connectivity index (χ1v) is 6.68. The third-order valence-electron chi connectivity index (χ3n) is 3.50. The van der Waals surface area contributed by atoms with Crippen LogP contribution in [0.4, 0.5) is 11.5 Å². The third kappa shape index (κ3) is 1.89. The van der Waals surface area contributed by atoms with E-state index in [-0.39, 0.29) is 0 Å². The highest BCUT2D eigenvalue weighted by molar-refractivity contribution is 6.31. The molecule has 0 saturated carbocycles. The van der Waals surface area contributed by atoms with Gasteiger partial charge in [-0.2, -0.15) is 0 Å². The van der Waals surface area contributed by atoms with Crippen molar-refractivity contribution in [3.05, 3.63) is 29.4 Å². The zero-order valence-corrected chi connectivity index (χ0v) is 11.2. The van der Waals surface area contributed by atoms with Crippen LogP contribution in [0.2, 0.25) is 5.02 Å². The van der Waals surface area contributed by atoms with Crippen molar-refractivity contribution in [1.82, 2.24) is 4.98 Å². The van der Waals surface area contributed by atoms with Crippen molar-refractivity contribution < 1.29 is 0 Å². The molecule has 0 bridgehead atoms. The van der Waals surface area contributed by atoms with Crippen LogP contribution in [0.25, 0.3) is 10.8 Å². The summed E-state index contributed by atoms with van der Waals surface area (Å²) in [7, 11) is 1.91. The van der Waals surface area contributed by atoms with Crippen molar-refractivity contribution in [1.29, 1.82) is 0 Å². The maximum absolute atomic E-state index is 6.10. The van der Waals surface area contributed by atoms with Crippen molar-refractivity contribution in [2.45, 2.75) is 12.8 Å². The fourth-order valence-electron chi connectivity index (χ4n) is 2.58. The van der Waals surface area contributed by atoms with Crippen molar-refractivity contribution in [2.24, 2.45) is 0 Å². The van der Waals surface area contributed by atoms with Gasteiger partial charge in [0.1, 0.15) is 5.82 Å². The van der Waals surface area contributed by atoms with E-state index in [9.17, 15) is 0 Å². The third-order valence-corrected chi connectivity index (χ3v) is 3.74. The molecular weight excluding hydrogens is 246 g/mol. The first-order chi connectivity index (χ1) is 8.79.